The van der Waals surface area contributed by atoms with Crippen LogP contribution < -0.4 is 5.32 Å². The maximum Gasteiger partial charge on any atom is 0.329 e. The highest BCUT2D eigenvalue weighted by molar-refractivity contribution is 5.85. The Bertz CT molecular complexity index is 430. The Balaban J connectivity index is 2.33. The fraction of sp³-hybridized carbons (Fsp3) is 0.636. The van der Waals surface area contributed by atoms with E-state index in [0.29, 0.717) is 19.5 Å². The molecule has 8 heteroatoms. The van der Waals surface area contributed by atoms with Gasteiger partial charge in [0.1, 0.15) is 5.54 Å². The largest absolute Gasteiger partial charge is 0.480 e. The number of hydrogen-bond donors (Lipinski definition) is 2. The molecule has 0 atom stereocenters. The van der Waals surface area contributed by atoms with E-state index in [1.165, 1.54) is 25.8 Å². The lowest BCUT2D eigenvalue weighted by molar-refractivity contribution is -0.146. The van der Waals surface area contributed by atoms with Crippen LogP contribution in [0.4, 0.5) is 4.79 Å². The normalized spacial score (nSPS) is 11.1. The summed E-state index contributed by atoms with van der Waals surface area (Å²) in [6, 6.07) is -0.411. The number of carboxylic acid groups (broad SMARTS) is 1. The number of urea groups is 1. The van der Waals surface area contributed by atoms with Crippen molar-refractivity contribution >= 4 is 12.0 Å². The van der Waals surface area contributed by atoms with Crippen LogP contribution in [0.15, 0.2) is 12.4 Å². The summed E-state index contributed by atoms with van der Waals surface area (Å²) in [6.45, 7) is 4.04. The van der Waals surface area contributed by atoms with Crippen LogP contribution in [-0.4, -0.2) is 56.1 Å². The SMILES string of the molecule is CN(C(=O)NCCCn1ccnn1)C(C)(C)C(=O)O. The Morgan fingerprint density at radius 3 is 2.68 bits per heavy atom. The molecular weight excluding hydrogens is 250 g/mol. The summed E-state index contributed by atoms with van der Waals surface area (Å²) in [5, 5.41) is 19.1. The van der Waals surface area contributed by atoms with Crippen molar-refractivity contribution in [1.82, 2.24) is 25.2 Å². The van der Waals surface area contributed by atoms with Gasteiger partial charge in [0, 0.05) is 26.3 Å². The quantitative estimate of drug-likeness (QED) is 0.717. The molecule has 19 heavy (non-hydrogen) atoms. The minimum absolute atomic E-state index is 0.411. The zero-order valence-electron chi connectivity index (χ0n) is 11.3. The number of aliphatic carboxylic acids is 1. The number of hydrogen-bond acceptors (Lipinski definition) is 4. The minimum Gasteiger partial charge on any atom is -0.480 e. The fourth-order valence-corrected chi connectivity index (χ4v) is 1.30. The summed E-state index contributed by atoms with van der Waals surface area (Å²) < 4.78 is 1.66. The highest BCUT2D eigenvalue weighted by Gasteiger charge is 2.34. The number of aryl methyl sites for hydroxylation is 1. The van der Waals surface area contributed by atoms with Gasteiger partial charge in [-0.25, -0.2) is 9.59 Å². The number of amides is 2. The summed E-state index contributed by atoms with van der Waals surface area (Å²) in [5.41, 5.74) is -1.24. The number of nitrogens with zero attached hydrogens (tertiary/aromatic N) is 4. The van der Waals surface area contributed by atoms with Crippen molar-refractivity contribution < 1.29 is 14.7 Å². The molecule has 0 saturated carbocycles. The van der Waals surface area contributed by atoms with E-state index in [0.717, 1.165) is 0 Å². The molecule has 0 aliphatic rings. The van der Waals surface area contributed by atoms with Gasteiger partial charge in [0.05, 0.1) is 6.20 Å². The number of carbonyl (C=O) groups excluding carboxylic acids is 1. The van der Waals surface area contributed by atoms with Gasteiger partial charge in [-0.15, -0.1) is 5.10 Å². The second-order valence-electron chi connectivity index (χ2n) is 4.67. The first kappa shape index (κ1) is 14.9. The predicted octanol–water partition coefficient (Wildman–Crippen LogP) is 0.173. The molecule has 0 radical (unpaired) electrons. The molecule has 0 aliphatic carbocycles. The molecule has 1 aromatic heterocycles. The molecule has 106 valence electrons. The average molecular weight is 269 g/mol. The van der Waals surface area contributed by atoms with Crippen LogP contribution in [0.3, 0.4) is 0 Å². The topological polar surface area (TPSA) is 100 Å². The summed E-state index contributed by atoms with van der Waals surface area (Å²) in [7, 11) is 1.46. The zero-order valence-corrected chi connectivity index (χ0v) is 11.3. The maximum atomic E-state index is 11.8. The Morgan fingerprint density at radius 1 is 1.47 bits per heavy atom. The summed E-state index contributed by atoms with van der Waals surface area (Å²) in [5.74, 6) is -1.05. The maximum absolute atomic E-state index is 11.8. The number of likely N-dealkylation sites (N-methyl/N-ethyl adjacent to an activating group) is 1. The molecule has 2 amide bonds. The van der Waals surface area contributed by atoms with Gasteiger partial charge in [-0.2, -0.15) is 0 Å². The lowest BCUT2D eigenvalue weighted by atomic mass is 10.1. The summed E-state index contributed by atoms with van der Waals surface area (Å²) in [6.07, 6.45) is 4.01. The Hall–Kier alpha value is -2.12. The van der Waals surface area contributed by atoms with Crippen molar-refractivity contribution in [3.63, 3.8) is 0 Å². The third-order valence-electron chi connectivity index (χ3n) is 2.98. The fourth-order valence-electron chi connectivity index (χ4n) is 1.30. The molecule has 0 spiro atoms. The molecule has 0 aromatic carbocycles. The van der Waals surface area contributed by atoms with Crippen molar-refractivity contribution in [1.29, 1.82) is 0 Å². The number of carbonyl (C=O) groups is 2. The Kier molecular flexibility index (Phi) is 4.85. The van der Waals surface area contributed by atoms with Crippen LogP contribution in [0.1, 0.15) is 20.3 Å². The summed E-state index contributed by atoms with van der Waals surface area (Å²) >= 11 is 0. The van der Waals surface area contributed by atoms with E-state index >= 15 is 0 Å². The minimum atomic E-state index is -1.24. The second-order valence-corrected chi connectivity index (χ2v) is 4.67. The molecule has 0 unspecified atom stereocenters. The van der Waals surface area contributed by atoms with Gasteiger partial charge in [-0.05, 0) is 20.3 Å². The third-order valence-corrected chi connectivity index (χ3v) is 2.98. The van der Waals surface area contributed by atoms with E-state index in [4.69, 9.17) is 5.11 Å². The van der Waals surface area contributed by atoms with E-state index in [-0.39, 0.29) is 0 Å². The molecule has 2 N–H and O–H groups in total. The standard InChI is InChI=1S/C11H19N5O3/c1-11(2,9(17)18)15(3)10(19)12-5-4-7-16-8-6-13-14-16/h6,8H,4-5,7H2,1-3H3,(H,12,19)(H,17,18). The van der Waals surface area contributed by atoms with Gasteiger partial charge in [-0.1, -0.05) is 5.21 Å². The lowest BCUT2D eigenvalue weighted by Crippen LogP contribution is -2.54. The highest BCUT2D eigenvalue weighted by Crippen LogP contribution is 2.12. The van der Waals surface area contributed by atoms with E-state index in [9.17, 15) is 9.59 Å². The average Bonchev–Trinajstić information content (AvgIpc) is 2.86. The first-order chi connectivity index (χ1) is 8.85. The molecule has 0 bridgehead atoms. The van der Waals surface area contributed by atoms with Crippen LogP contribution in [0.2, 0.25) is 0 Å². The van der Waals surface area contributed by atoms with Crippen LogP contribution in [-0.2, 0) is 11.3 Å². The Morgan fingerprint density at radius 2 is 2.16 bits per heavy atom. The van der Waals surface area contributed by atoms with Crippen LogP contribution in [0.5, 0.6) is 0 Å². The van der Waals surface area contributed by atoms with E-state index < -0.39 is 17.5 Å². The molecule has 0 aliphatic heterocycles. The highest BCUT2D eigenvalue weighted by atomic mass is 16.4. The van der Waals surface area contributed by atoms with Gasteiger partial charge in [0.2, 0.25) is 0 Å². The molecule has 0 saturated heterocycles. The first-order valence-electron chi connectivity index (χ1n) is 5.95. The van der Waals surface area contributed by atoms with Gasteiger partial charge in [-0.3, -0.25) is 4.68 Å². The third kappa shape index (κ3) is 3.94. The van der Waals surface area contributed by atoms with E-state index in [1.807, 2.05) is 0 Å². The van der Waals surface area contributed by atoms with Crippen molar-refractivity contribution in [3.05, 3.63) is 12.4 Å². The van der Waals surface area contributed by atoms with E-state index in [2.05, 4.69) is 15.6 Å². The molecule has 1 aromatic rings. The van der Waals surface area contributed by atoms with Crippen LogP contribution in [0, 0.1) is 0 Å². The smallest absolute Gasteiger partial charge is 0.329 e. The number of aromatic nitrogens is 3. The van der Waals surface area contributed by atoms with Crippen LogP contribution >= 0.6 is 0 Å². The van der Waals surface area contributed by atoms with Gasteiger partial charge in [0.15, 0.2) is 0 Å². The number of rotatable bonds is 6. The second kappa shape index (κ2) is 6.17. The number of nitrogens with one attached hydrogen (secondary N) is 1. The monoisotopic (exact) mass is 269 g/mol. The molecular formula is C11H19N5O3. The molecule has 8 nitrogen and oxygen atoms in total. The lowest BCUT2D eigenvalue weighted by Gasteiger charge is -2.31. The van der Waals surface area contributed by atoms with Gasteiger partial charge < -0.3 is 15.3 Å². The van der Waals surface area contributed by atoms with Gasteiger partial charge in [0.25, 0.3) is 0 Å². The Labute approximate surface area is 111 Å². The van der Waals surface area contributed by atoms with E-state index in [1.54, 1.807) is 17.1 Å². The molecule has 1 heterocycles. The van der Waals surface area contributed by atoms with Crippen LogP contribution in [0.25, 0.3) is 0 Å². The van der Waals surface area contributed by atoms with Gasteiger partial charge >= 0.3 is 12.0 Å². The summed E-state index contributed by atoms with van der Waals surface area (Å²) in [4.78, 5) is 24.0. The van der Waals surface area contributed by atoms with Crippen molar-refractivity contribution in [2.45, 2.75) is 32.4 Å². The number of carboxylic acids is 1. The molecule has 1 rings (SSSR count). The molecule has 0 fully saturated rings. The predicted molar refractivity (Wildman–Crippen MR) is 67.5 cm³/mol. The van der Waals surface area contributed by atoms with Crippen molar-refractivity contribution in [3.8, 4) is 0 Å². The zero-order chi connectivity index (χ0) is 14.5. The van der Waals surface area contributed by atoms with Crippen molar-refractivity contribution in [2.75, 3.05) is 13.6 Å². The first-order valence-corrected chi connectivity index (χ1v) is 5.95. The van der Waals surface area contributed by atoms with Crippen molar-refractivity contribution in [2.24, 2.45) is 0 Å².